The molecule has 0 aliphatic carbocycles. The van der Waals surface area contributed by atoms with Gasteiger partial charge < -0.3 is 10.9 Å². The molecule has 106 valence electrons. The molecule has 0 saturated carbocycles. The van der Waals surface area contributed by atoms with Gasteiger partial charge in [0.25, 0.3) is 0 Å². The average Bonchev–Trinajstić information content (AvgIpc) is 2.29. The first-order valence-electron chi connectivity index (χ1n) is 5.38. The zero-order chi connectivity index (χ0) is 14.8. The van der Waals surface area contributed by atoms with Gasteiger partial charge in [0.05, 0.1) is 10.4 Å². The highest BCUT2D eigenvalue weighted by Gasteiger charge is 2.29. The number of rotatable bonds is 3. The molecule has 0 heterocycles. The molecule has 19 heavy (non-hydrogen) atoms. The van der Waals surface area contributed by atoms with Crippen LogP contribution in [0.2, 0.25) is 0 Å². The molecule has 0 atom stereocenters. The van der Waals surface area contributed by atoms with Crippen LogP contribution in [0.5, 0.6) is 0 Å². The van der Waals surface area contributed by atoms with Crippen LogP contribution in [0.1, 0.15) is 26.3 Å². The monoisotopic (exact) mass is 289 g/mol. The van der Waals surface area contributed by atoms with Crippen molar-refractivity contribution in [1.29, 1.82) is 0 Å². The van der Waals surface area contributed by atoms with Crippen LogP contribution in [0, 0.1) is 5.82 Å². The number of hydrogen-bond acceptors (Lipinski definition) is 4. The van der Waals surface area contributed by atoms with Crippen LogP contribution in [0.4, 0.5) is 10.1 Å². The van der Waals surface area contributed by atoms with Gasteiger partial charge in [-0.2, -0.15) is 0 Å². The Bertz CT molecular complexity index is 606. The Kier molecular flexibility index (Phi) is 4.04. The van der Waals surface area contributed by atoms with E-state index in [9.17, 15) is 12.8 Å². The Labute approximate surface area is 111 Å². The first-order valence-corrected chi connectivity index (χ1v) is 6.86. The standard InChI is InChI=1S/C11H16FN3O3S/c1-11(2,3)19(17,18)15-9-5-4-7(6-8(9)12)10(13)14-16/h4-6,15-16H,1-3H3,(H2,13,14). The second kappa shape index (κ2) is 5.04. The van der Waals surface area contributed by atoms with Gasteiger partial charge in [-0.3, -0.25) is 4.72 Å². The molecule has 0 amide bonds. The lowest BCUT2D eigenvalue weighted by atomic mass is 10.2. The molecule has 0 spiro atoms. The maximum Gasteiger partial charge on any atom is 0.237 e. The minimum atomic E-state index is -3.71. The van der Waals surface area contributed by atoms with Crippen LogP contribution in [-0.2, 0) is 10.0 Å². The average molecular weight is 289 g/mol. The lowest BCUT2D eigenvalue weighted by Gasteiger charge is -2.20. The van der Waals surface area contributed by atoms with Gasteiger partial charge in [-0.1, -0.05) is 5.16 Å². The molecule has 0 aliphatic heterocycles. The number of anilines is 1. The van der Waals surface area contributed by atoms with Crippen LogP contribution < -0.4 is 10.5 Å². The van der Waals surface area contributed by atoms with Gasteiger partial charge >= 0.3 is 0 Å². The van der Waals surface area contributed by atoms with Crippen molar-refractivity contribution in [3.63, 3.8) is 0 Å². The summed E-state index contributed by atoms with van der Waals surface area (Å²) in [4.78, 5) is 0. The van der Waals surface area contributed by atoms with E-state index in [1.807, 2.05) is 0 Å². The summed E-state index contributed by atoms with van der Waals surface area (Å²) >= 11 is 0. The van der Waals surface area contributed by atoms with Gasteiger partial charge in [-0.05, 0) is 39.0 Å². The van der Waals surface area contributed by atoms with Crippen LogP contribution in [0.25, 0.3) is 0 Å². The minimum absolute atomic E-state index is 0.152. The summed E-state index contributed by atoms with van der Waals surface area (Å²) in [5, 5.41) is 11.2. The van der Waals surface area contributed by atoms with E-state index in [-0.39, 0.29) is 17.1 Å². The van der Waals surface area contributed by atoms with Crippen LogP contribution in [0.3, 0.4) is 0 Å². The smallest absolute Gasteiger partial charge is 0.237 e. The lowest BCUT2D eigenvalue weighted by molar-refractivity contribution is 0.318. The summed E-state index contributed by atoms with van der Waals surface area (Å²) < 4.78 is 38.6. The molecule has 4 N–H and O–H groups in total. The van der Waals surface area contributed by atoms with Crippen LogP contribution >= 0.6 is 0 Å². The molecule has 0 bridgehead atoms. The molecule has 0 saturated heterocycles. The number of oxime groups is 1. The fourth-order valence-electron chi connectivity index (χ4n) is 1.11. The molecular formula is C11H16FN3O3S. The normalized spacial score (nSPS) is 13.4. The van der Waals surface area contributed by atoms with E-state index in [0.717, 1.165) is 6.07 Å². The summed E-state index contributed by atoms with van der Waals surface area (Å²) in [7, 11) is -3.71. The molecular weight excluding hydrogens is 273 g/mol. The Morgan fingerprint density at radius 1 is 1.42 bits per heavy atom. The SMILES string of the molecule is CC(C)(C)S(=O)(=O)Nc1ccc(/C(N)=N/O)cc1F. The van der Waals surface area contributed by atoms with Gasteiger partial charge in [0.1, 0.15) is 5.82 Å². The number of nitrogens with zero attached hydrogens (tertiary/aromatic N) is 1. The summed E-state index contributed by atoms with van der Waals surface area (Å²) in [6, 6.07) is 3.54. The quantitative estimate of drug-likeness (QED) is 0.339. The van der Waals surface area contributed by atoms with E-state index in [4.69, 9.17) is 10.9 Å². The molecule has 1 aromatic carbocycles. The lowest BCUT2D eigenvalue weighted by Crippen LogP contribution is -2.34. The minimum Gasteiger partial charge on any atom is -0.409 e. The van der Waals surface area contributed by atoms with Crippen molar-refractivity contribution in [2.45, 2.75) is 25.5 Å². The first-order chi connectivity index (χ1) is 8.58. The van der Waals surface area contributed by atoms with Crippen molar-refractivity contribution in [3.8, 4) is 0 Å². The Balaban J connectivity index is 3.13. The molecule has 6 nitrogen and oxygen atoms in total. The van der Waals surface area contributed by atoms with Crippen molar-refractivity contribution in [3.05, 3.63) is 29.6 Å². The second-order valence-electron chi connectivity index (χ2n) is 4.90. The predicted molar refractivity (Wildman–Crippen MR) is 71.2 cm³/mol. The summed E-state index contributed by atoms with van der Waals surface area (Å²) in [5.74, 6) is -1.07. The van der Waals surface area contributed by atoms with Crippen LogP contribution in [-0.4, -0.2) is 24.2 Å². The highest BCUT2D eigenvalue weighted by molar-refractivity contribution is 7.94. The van der Waals surface area contributed by atoms with Crippen molar-refractivity contribution < 1.29 is 18.0 Å². The van der Waals surface area contributed by atoms with Crippen molar-refractivity contribution >= 4 is 21.5 Å². The summed E-state index contributed by atoms with van der Waals surface area (Å²) in [6.07, 6.45) is 0. The fourth-order valence-corrected chi connectivity index (χ4v) is 1.87. The number of nitrogens with one attached hydrogen (secondary N) is 1. The molecule has 0 aliphatic rings. The predicted octanol–water partition coefficient (Wildman–Crippen LogP) is 1.46. The highest BCUT2D eigenvalue weighted by atomic mass is 32.2. The van der Waals surface area contributed by atoms with Gasteiger partial charge in [-0.25, -0.2) is 12.8 Å². The van der Waals surface area contributed by atoms with Gasteiger partial charge in [-0.15, -0.1) is 0 Å². The third-order valence-corrected chi connectivity index (χ3v) is 4.52. The number of benzene rings is 1. The first kappa shape index (κ1) is 15.2. The number of halogens is 1. The van der Waals surface area contributed by atoms with E-state index in [0.29, 0.717) is 0 Å². The molecule has 8 heteroatoms. The summed E-state index contributed by atoms with van der Waals surface area (Å²) in [5.41, 5.74) is 5.27. The number of amidine groups is 1. The van der Waals surface area contributed by atoms with Crippen LogP contribution in [0.15, 0.2) is 23.4 Å². The molecule has 1 aromatic rings. The Hall–Kier alpha value is -1.83. The third kappa shape index (κ3) is 3.34. The van der Waals surface area contributed by atoms with E-state index in [1.54, 1.807) is 0 Å². The number of sulfonamides is 1. The maximum atomic E-state index is 13.7. The number of nitrogens with two attached hydrogens (primary N) is 1. The van der Waals surface area contributed by atoms with Crippen molar-refractivity contribution in [2.24, 2.45) is 10.9 Å². The van der Waals surface area contributed by atoms with Crippen molar-refractivity contribution in [1.82, 2.24) is 0 Å². The number of hydrogen-bond donors (Lipinski definition) is 3. The van der Waals surface area contributed by atoms with Crippen molar-refractivity contribution in [2.75, 3.05) is 4.72 Å². The summed E-state index contributed by atoms with van der Waals surface area (Å²) in [6.45, 7) is 4.49. The topological polar surface area (TPSA) is 105 Å². The van der Waals surface area contributed by atoms with Gasteiger partial charge in [0, 0.05) is 5.56 Å². The van der Waals surface area contributed by atoms with Gasteiger partial charge in [0.2, 0.25) is 10.0 Å². The second-order valence-corrected chi connectivity index (χ2v) is 7.33. The Morgan fingerprint density at radius 3 is 2.42 bits per heavy atom. The van der Waals surface area contributed by atoms with E-state index in [1.165, 1.54) is 32.9 Å². The Morgan fingerprint density at radius 2 is 2.00 bits per heavy atom. The molecule has 0 radical (unpaired) electrons. The molecule has 0 fully saturated rings. The maximum absolute atomic E-state index is 13.7. The largest absolute Gasteiger partial charge is 0.409 e. The van der Waals surface area contributed by atoms with Gasteiger partial charge in [0.15, 0.2) is 5.84 Å². The third-order valence-electron chi connectivity index (χ3n) is 2.42. The zero-order valence-corrected chi connectivity index (χ0v) is 11.6. The molecule has 0 unspecified atom stereocenters. The highest BCUT2D eigenvalue weighted by Crippen LogP contribution is 2.22. The van der Waals surface area contributed by atoms with E-state index < -0.39 is 20.6 Å². The van der Waals surface area contributed by atoms with E-state index in [2.05, 4.69) is 9.88 Å². The fraction of sp³-hybridized carbons (Fsp3) is 0.364. The van der Waals surface area contributed by atoms with E-state index >= 15 is 0 Å². The molecule has 1 rings (SSSR count). The zero-order valence-electron chi connectivity index (χ0n) is 10.8. The molecule has 0 aromatic heterocycles.